The number of nitrogens with zero attached hydrogens (tertiary/aromatic N) is 2. The molecular weight excluding hydrogens is 457 g/mol. The molecule has 0 radical (unpaired) electrons. The number of thiazole rings is 1. The van der Waals surface area contributed by atoms with Crippen molar-refractivity contribution < 1.29 is 13.2 Å². The number of rotatable bonds is 6. The number of hydrogen-bond donors (Lipinski definition) is 1. The Morgan fingerprint density at radius 2 is 1.90 bits per heavy atom. The highest BCUT2D eigenvalue weighted by atomic mass is 35.5. The van der Waals surface area contributed by atoms with E-state index in [0.29, 0.717) is 12.2 Å². The van der Waals surface area contributed by atoms with Crippen molar-refractivity contribution in [2.75, 3.05) is 22.4 Å². The van der Waals surface area contributed by atoms with Gasteiger partial charge in [-0.3, -0.25) is 18.5 Å². The second-order valence-electron chi connectivity index (χ2n) is 6.21. The predicted octanol–water partition coefficient (Wildman–Crippen LogP) is 3.79. The molecule has 0 aliphatic carbocycles. The number of benzene rings is 2. The Hall–Kier alpha value is -2.07. The van der Waals surface area contributed by atoms with Crippen LogP contribution in [0.3, 0.4) is 0 Å². The fourth-order valence-corrected chi connectivity index (χ4v) is 4.95. The maximum Gasteiger partial charge on any atom is 0.308 e. The summed E-state index contributed by atoms with van der Waals surface area (Å²) >= 11 is 12.9. The molecule has 0 atom stereocenters. The highest BCUT2D eigenvalue weighted by Gasteiger charge is 2.22. The Morgan fingerprint density at radius 1 is 1.17 bits per heavy atom. The van der Waals surface area contributed by atoms with E-state index in [0.717, 1.165) is 32.1 Å². The number of carbonyl (C=O) groups is 1. The fourth-order valence-electron chi connectivity index (χ4n) is 2.81. The lowest BCUT2D eigenvalue weighted by molar-refractivity contribution is -0.114. The Kier molecular flexibility index (Phi) is 6.23. The molecule has 29 heavy (non-hydrogen) atoms. The molecule has 0 bridgehead atoms. The maximum absolute atomic E-state index is 12.5. The van der Waals surface area contributed by atoms with Gasteiger partial charge in [0.15, 0.2) is 0 Å². The first-order valence-electron chi connectivity index (χ1n) is 8.46. The molecular formula is C18H17Cl2N3O4S2. The van der Waals surface area contributed by atoms with E-state index in [1.54, 1.807) is 22.8 Å². The molecule has 0 unspecified atom stereocenters. The summed E-state index contributed by atoms with van der Waals surface area (Å²) in [5, 5.41) is 3.13. The molecule has 1 aromatic heterocycles. The van der Waals surface area contributed by atoms with Crippen LogP contribution in [0.15, 0.2) is 41.2 Å². The van der Waals surface area contributed by atoms with Crippen LogP contribution in [0.25, 0.3) is 10.2 Å². The second kappa shape index (κ2) is 8.35. The number of fused-ring (bicyclic) bond motifs is 1. The van der Waals surface area contributed by atoms with Crippen LogP contribution in [0.1, 0.15) is 6.92 Å². The zero-order chi connectivity index (χ0) is 21.3. The van der Waals surface area contributed by atoms with E-state index >= 15 is 0 Å². The molecule has 3 rings (SSSR count). The summed E-state index contributed by atoms with van der Waals surface area (Å²) in [4.78, 5) is 24.4. The predicted molar refractivity (Wildman–Crippen MR) is 119 cm³/mol. The zero-order valence-electron chi connectivity index (χ0n) is 15.5. The van der Waals surface area contributed by atoms with E-state index in [1.807, 2.05) is 6.92 Å². The van der Waals surface area contributed by atoms with Gasteiger partial charge in [0.1, 0.15) is 6.54 Å². The number of nitrogens with one attached hydrogen (secondary N) is 1. The van der Waals surface area contributed by atoms with Crippen molar-refractivity contribution in [3.05, 3.63) is 56.1 Å². The van der Waals surface area contributed by atoms with Crippen molar-refractivity contribution in [2.45, 2.75) is 13.5 Å². The number of halogens is 2. The highest BCUT2D eigenvalue weighted by molar-refractivity contribution is 7.92. The maximum atomic E-state index is 12.5. The average molecular weight is 474 g/mol. The van der Waals surface area contributed by atoms with Crippen LogP contribution in [0.2, 0.25) is 10.0 Å². The van der Waals surface area contributed by atoms with Gasteiger partial charge < -0.3 is 5.32 Å². The first-order chi connectivity index (χ1) is 13.6. The van der Waals surface area contributed by atoms with Gasteiger partial charge in [-0.05, 0) is 43.3 Å². The second-order valence-corrected chi connectivity index (χ2v) is 9.93. The van der Waals surface area contributed by atoms with Gasteiger partial charge in [0, 0.05) is 12.2 Å². The summed E-state index contributed by atoms with van der Waals surface area (Å²) in [6.45, 7) is 1.99. The van der Waals surface area contributed by atoms with Crippen LogP contribution < -0.4 is 14.5 Å². The quantitative estimate of drug-likeness (QED) is 0.589. The lowest BCUT2D eigenvalue weighted by atomic mass is 10.3. The Labute approximate surface area is 181 Å². The Balaban J connectivity index is 1.84. The molecule has 0 fully saturated rings. The summed E-state index contributed by atoms with van der Waals surface area (Å²) in [5.74, 6) is -0.539. The highest BCUT2D eigenvalue weighted by Crippen LogP contribution is 2.28. The standard InChI is InChI=1S/C18H17Cl2N3O4S2/c1-3-22-15-7-4-11(8-16(15)28-18(22)25)21-17(24)10-23(29(2,26)27)12-5-6-13(19)14(20)9-12/h4-9H,3,10H2,1-2H3,(H,21,24). The van der Waals surface area contributed by atoms with E-state index in [9.17, 15) is 18.0 Å². The number of amides is 1. The van der Waals surface area contributed by atoms with Crippen LogP contribution in [-0.4, -0.2) is 31.7 Å². The van der Waals surface area contributed by atoms with Crippen molar-refractivity contribution in [3.8, 4) is 0 Å². The van der Waals surface area contributed by atoms with Crippen molar-refractivity contribution in [1.82, 2.24) is 4.57 Å². The van der Waals surface area contributed by atoms with Crippen LogP contribution in [0.5, 0.6) is 0 Å². The SMILES string of the molecule is CCn1c(=O)sc2cc(NC(=O)CN(c3ccc(Cl)c(Cl)c3)S(C)(=O)=O)ccc21. The van der Waals surface area contributed by atoms with Gasteiger partial charge >= 0.3 is 4.87 Å². The molecule has 1 heterocycles. The summed E-state index contributed by atoms with van der Waals surface area (Å²) < 4.78 is 27.7. The first-order valence-corrected chi connectivity index (χ1v) is 11.9. The van der Waals surface area contributed by atoms with Gasteiger partial charge in [0.25, 0.3) is 0 Å². The van der Waals surface area contributed by atoms with Gasteiger partial charge in [-0.25, -0.2) is 8.42 Å². The minimum Gasteiger partial charge on any atom is -0.324 e. The number of hydrogen-bond acceptors (Lipinski definition) is 5. The molecule has 7 nitrogen and oxygen atoms in total. The van der Waals surface area contributed by atoms with E-state index < -0.39 is 22.5 Å². The van der Waals surface area contributed by atoms with Crippen LogP contribution in [0, 0.1) is 0 Å². The monoisotopic (exact) mass is 473 g/mol. The lowest BCUT2D eigenvalue weighted by Crippen LogP contribution is -2.37. The van der Waals surface area contributed by atoms with Gasteiger partial charge in [-0.2, -0.15) is 0 Å². The summed E-state index contributed by atoms with van der Waals surface area (Å²) in [6, 6.07) is 9.43. The molecule has 11 heteroatoms. The lowest BCUT2D eigenvalue weighted by Gasteiger charge is -2.22. The minimum absolute atomic E-state index is 0.0751. The topological polar surface area (TPSA) is 88.5 Å². The van der Waals surface area contributed by atoms with Crippen LogP contribution >= 0.6 is 34.5 Å². The molecule has 0 aliphatic rings. The van der Waals surface area contributed by atoms with Crippen molar-refractivity contribution in [3.63, 3.8) is 0 Å². The molecule has 154 valence electrons. The van der Waals surface area contributed by atoms with Crippen LogP contribution in [-0.2, 0) is 21.4 Å². The third-order valence-electron chi connectivity index (χ3n) is 4.15. The Bertz CT molecular complexity index is 1250. The van der Waals surface area contributed by atoms with Gasteiger partial charge in [-0.15, -0.1) is 0 Å². The fraction of sp³-hybridized carbons (Fsp3) is 0.222. The number of aryl methyl sites for hydroxylation is 1. The largest absolute Gasteiger partial charge is 0.324 e. The summed E-state index contributed by atoms with van der Waals surface area (Å²) in [6.07, 6.45) is 1.000. The molecule has 0 saturated heterocycles. The molecule has 2 aromatic carbocycles. The van der Waals surface area contributed by atoms with E-state index in [-0.39, 0.29) is 20.6 Å². The molecule has 1 amide bonds. The Morgan fingerprint density at radius 3 is 2.52 bits per heavy atom. The third kappa shape index (κ3) is 4.75. The van der Waals surface area contributed by atoms with E-state index in [2.05, 4.69) is 5.32 Å². The third-order valence-corrected chi connectivity index (χ3v) is 6.97. The average Bonchev–Trinajstić information content (AvgIpc) is 2.95. The van der Waals surface area contributed by atoms with Gasteiger partial charge in [-0.1, -0.05) is 34.5 Å². The summed E-state index contributed by atoms with van der Waals surface area (Å²) in [7, 11) is -3.75. The zero-order valence-corrected chi connectivity index (χ0v) is 18.6. The molecule has 0 saturated carbocycles. The minimum atomic E-state index is -3.75. The molecule has 0 spiro atoms. The number of anilines is 2. The molecule has 1 N–H and O–H groups in total. The molecule has 3 aromatic rings. The van der Waals surface area contributed by atoms with Crippen molar-refractivity contribution in [1.29, 1.82) is 0 Å². The number of carbonyl (C=O) groups excluding carboxylic acids is 1. The smallest absolute Gasteiger partial charge is 0.308 e. The van der Waals surface area contributed by atoms with Crippen molar-refractivity contribution >= 4 is 72.1 Å². The van der Waals surface area contributed by atoms with Crippen molar-refractivity contribution in [2.24, 2.45) is 0 Å². The first kappa shape index (κ1) is 21.6. The summed E-state index contributed by atoms with van der Waals surface area (Å²) in [5.41, 5.74) is 1.48. The van der Waals surface area contributed by atoms with Gasteiger partial charge in [0.2, 0.25) is 15.9 Å². The normalized spacial score (nSPS) is 11.6. The number of aromatic nitrogens is 1. The molecule has 0 aliphatic heterocycles. The van der Waals surface area contributed by atoms with E-state index in [4.69, 9.17) is 23.2 Å². The van der Waals surface area contributed by atoms with Crippen LogP contribution in [0.4, 0.5) is 11.4 Å². The number of sulfonamides is 1. The van der Waals surface area contributed by atoms with E-state index in [1.165, 1.54) is 18.2 Å². The van der Waals surface area contributed by atoms with Gasteiger partial charge in [0.05, 0.1) is 32.2 Å².